The summed E-state index contributed by atoms with van der Waals surface area (Å²) in [4.78, 5) is 17.5. The molecular formula is C9H11ClN2O3S2. The molecule has 1 atom stereocenters. The Morgan fingerprint density at radius 1 is 1.65 bits per heavy atom. The van der Waals surface area contributed by atoms with Gasteiger partial charge in [0.15, 0.2) is 5.13 Å². The fourth-order valence-electron chi connectivity index (χ4n) is 1.83. The number of nitrogens with zero attached hydrogens (tertiary/aromatic N) is 2. The summed E-state index contributed by atoms with van der Waals surface area (Å²) < 4.78 is 21.9. The standard InChI is InChI=1S/C9H11ClN2O3S2/c1-6-4-16-9(11-6)12-3-7(2-8(12)13)5-17(10,14)15/h4,7H,2-3,5H2,1H3. The van der Waals surface area contributed by atoms with Crippen molar-refractivity contribution in [3.63, 3.8) is 0 Å². The Bertz CT molecular complexity index is 540. The highest BCUT2D eigenvalue weighted by molar-refractivity contribution is 8.13. The van der Waals surface area contributed by atoms with Crippen molar-refractivity contribution in [2.75, 3.05) is 17.2 Å². The predicted molar refractivity (Wildman–Crippen MR) is 67.0 cm³/mol. The normalized spacial score (nSPS) is 21.2. The van der Waals surface area contributed by atoms with Gasteiger partial charge in [-0.05, 0) is 6.92 Å². The van der Waals surface area contributed by atoms with Crippen molar-refractivity contribution in [1.82, 2.24) is 4.98 Å². The van der Waals surface area contributed by atoms with E-state index < -0.39 is 9.05 Å². The molecule has 2 rings (SSSR count). The zero-order chi connectivity index (χ0) is 12.6. The van der Waals surface area contributed by atoms with E-state index in [1.165, 1.54) is 16.2 Å². The van der Waals surface area contributed by atoms with Crippen LogP contribution < -0.4 is 4.90 Å². The predicted octanol–water partition coefficient (Wildman–Crippen LogP) is 1.37. The van der Waals surface area contributed by atoms with E-state index in [1.807, 2.05) is 12.3 Å². The van der Waals surface area contributed by atoms with Crippen molar-refractivity contribution < 1.29 is 13.2 Å². The third-order valence-electron chi connectivity index (χ3n) is 2.48. The number of anilines is 1. The Hall–Kier alpha value is -0.660. The minimum Gasteiger partial charge on any atom is -0.288 e. The number of amides is 1. The lowest BCUT2D eigenvalue weighted by atomic mass is 10.1. The van der Waals surface area contributed by atoms with Gasteiger partial charge in [0.05, 0.1) is 11.4 Å². The van der Waals surface area contributed by atoms with E-state index >= 15 is 0 Å². The van der Waals surface area contributed by atoms with Gasteiger partial charge < -0.3 is 0 Å². The van der Waals surface area contributed by atoms with Crippen molar-refractivity contribution >= 4 is 42.1 Å². The number of carbonyl (C=O) groups excluding carboxylic acids is 1. The number of rotatable bonds is 3. The van der Waals surface area contributed by atoms with Gasteiger partial charge in [-0.15, -0.1) is 11.3 Å². The van der Waals surface area contributed by atoms with Gasteiger partial charge in [0, 0.05) is 34.9 Å². The van der Waals surface area contributed by atoms with Crippen molar-refractivity contribution in [3.8, 4) is 0 Å². The molecule has 1 aromatic rings. The zero-order valence-corrected chi connectivity index (χ0v) is 11.5. The molecule has 1 amide bonds. The fraction of sp³-hybridized carbons (Fsp3) is 0.556. The van der Waals surface area contributed by atoms with Crippen LogP contribution in [0.4, 0.5) is 5.13 Å². The van der Waals surface area contributed by atoms with Gasteiger partial charge in [0.25, 0.3) is 0 Å². The lowest BCUT2D eigenvalue weighted by Crippen LogP contribution is -2.25. The monoisotopic (exact) mass is 294 g/mol. The van der Waals surface area contributed by atoms with Gasteiger partial charge >= 0.3 is 0 Å². The second-order valence-corrected chi connectivity index (χ2v) is 7.71. The summed E-state index contributed by atoms with van der Waals surface area (Å²) in [5.41, 5.74) is 0.853. The number of aryl methyl sites for hydroxylation is 1. The van der Waals surface area contributed by atoms with Crippen LogP contribution in [0, 0.1) is 12.8 Å². The molecule has 2 heterocycles. The molecule has 0 spiro atoms. The topological polar surface area (TPSA) is 67.3 Å². The molecule has 1 aromatic heterocycles. The molecule has 8 heteroatoms. The summed E-state index contributed by atoms with van der Waals surface area (Å²) in [6.45, 7) is 2.22. The van der Waals surface area contributed by atoms with E-state index in [0.29, 0.717) is 11.7 Å². The third-order valence-corrected chi connectivity index (χ3v) is 4.71. The smallest absolute Gasteiger partial charge is 0.232 e. The summed E-state index contributed by atoms with van der Waals surface area (Å²) in [6.07, 6.45) is 0.213. The number of aromatic nitrogens is 1. The number of hydrogen-bond acceptors (Lipinski definition) is 5. The van der Waals surface area contributed by atoms with Crippen LogP contribution in [0.2, 0.25) is 0 Å². The highest BCUT2D eigenvalue weighted by atomic mass is 35.7. The lowest BCUT2D eigenvalue weighted by Gasteiger charge is -2.12. The second-order valence-electron chi connectivity index (χ2n) is 4.05. The van der Waals surface area contributed by atoms with Crippen LogP contribution in [-0.4, -0.2) is 31.6 Å². The Balaban J connectivity index is 2.10. The summed E-state index contributed by atoms with van der Waals surface area (Å²) in [6, 6.07) is 0. The van der Waals surface area contributed by atoms with Crippen molar-refractivity contribution in [2.24, 2.45) is 5.92 Å². The van der Waals surface area contributed by atoms with E-state index in [-0.39, 0.29) is 24.0 Å². The molecule has 0 aromatic carbocycles. The number of carbonyl (C=O) groups is 1. The van der Waals surface area contributed by atoms with Crippen LogP contribution in [0.15, 0.2) is 5.38 Å². The summed E-state index contributed by atoms with van der Waals surface area (Å²) in [7, 11) is 1.63. The molecule has 1 unspecified atom stereocenters. The van der Waals surface area contributed by atoms with Crippen LogP contribution in [-0.2, 0) is 13.8 Å². The van der Waals surface area contributed by atoms with Crippen LogP contribution >= 0.6 is 22.0 Å². The Morgan fingerprint density at radius 2 is 2.35 bits per heavy atom. The van der Waals surface area contributed by atoms with E-state index in [9.17, 15) is 13.2 Å². The van der Waals surface area contributed by atoms with E-state index in [0.717, 1.165) is 5.69 Å². The number of hydrogen-bond donors (Lipinski definition) is 0. The molecule has 0 bridgehead atoms. The van der Waals surface area contributed by atoms with E-state index in [4.69, 9.17) is 10.7 Å². The molecule has 1 saturated heterocycles. The maximum atomic E-state index is 11.7. The molecule has 0 saturated carbocycles. The van der Waals surface area contributed by atoms with Crippen molar-refractivity contribution in [3.05, 3.63) is 11.1 Å². The fourth-order valence-corrected chi connectivity index (χ4v) is 3.97. The first-order chi connectivity index (χ1) is 7.85. The van der Waals surface area contributed by atoms with Crippen LogP contribution in [0.25, 0.3) is 0 Å². The van der Waals surface area contributed by atoms with Gasteiger partial charge in [-0.1, -0.05) is 0 Å². The molecule has 94 valence electrons. The maximum absolute atomic E-state index is 11.7. The molecule has 0 radical (unpaired) electrons. The van der Waals surface area contributed by atoms with Gasteiger partial charge in [-0.2, -0.15) is 0 Å². The average Bonchev–Trinajstić information content (AvgIpc) is 2.70. The number of halogens is 1. The molecule has 0 N–H and O–H groups in total. The van der Waals surface area contributed by atoms with E-state index in [1.54, 1.807) is 0 Å². The molecule has 1 aliphatic rings. The zero-order valence-electron chi connectivity index (χ0n) is 9.09. The minimum absolute atomic E-state index is 0.0929. The Kier molecular flexibility index (Phi) is 3.42. The molecule has 5 nitrogen and oxygen atoms in total. The Morgan fingerprint density at radius 3 is 2.88 bits per heavy atom. The molecule has 0 aliphatic carbocycles. The Labute approximate surface area is 108 Å². The van der Waals surface area contributed by atoms with Gasteiger partial charge in [-0.25, -0.2) is 13.4 Å². The largest absolute Gasteiger partial charge is 0.288 e. The summed E-state index contributed by atoms with van der Waals surface area (Å²) >= 11 is 1.38. The van der Waals surface area contributed by atoms with Gasteiger partial charge in [-0.3, -0.25) is 9.69 Å². The first-order valence-corrected chi connectivity index (χ1v) is 8.36. The van der Waals surface area contributed by atoms with Crippen LogP contribution in [0.3, 0.4) is 0 Å². The maximum Gasteiger partial charge on any atom is 0.232 e. The lowest BCUT2D eigenvalue weighted by molar-refractivity contribution is -0.117. The quantitative estimate of drug-likeness (QED) is 0.790. The van der Waals surface area contributed by atoms with Crippen molar-refractivity contribution in [1.29, 1.82) is 0 Å². The molecule has 1 fully saturated rings. The number of thiazole rings is 1. The molecule has 1 aliphatic heterocycles. The van der Waals surface area contributed by atoms with Gasteiger partial charge in [0.2, 0.25) is 15.0 Å². The van der Waals surface area contributed by atoms with Crippen LogP contribution in [0.5, 0.6) is 0 Å². The SMILES string of the molecule is Cc1csc(N2CC(CS(=O)(=O)Cl)CC2=O)n1. The highest BCUT2D eigenvalue weighted by Gasteiger charge is 2.34. The molecular weight excluding hydrogens is 284 g/mol. The van der Waals surface area contributed by atoms with E-state index in [2.05, 4.69) is 4.98 Å². The first kappa shape index (κ1) is 12.8. The summed E-state index contributed by atoms with van der Waals surface area (Å²) in [5.74, 6) is -0.500. The summed E-state index contributed by atoms with van der Waals surface area (Å²) in [5, 5.41) is 2.48. The third kappa shape index (κ3) is 3.17. The van der Waals surface area contributed by atoms with Crippen molar-refractivity contribution in [2.45, 2.75) is 13.3 Å². The van der Waals surface area contributed by atoms with Crippen LogP contribution in [0.1, 0.15) is 12.1 Å². The highest BCUT2D eigenvalue weighted by Crippen LogP contribution is 2.28. The first-order valence-electron chi connectivity index (χ1n) is 5.00. The second kappa shape index (κ2) is 4.55. The molecule has 17 heavy (non-hydrogen) atoms. The average molecular weight is 295 g/mol. The minimum atomic E-state index is -3.56. The van der Waals surface area contributed by atoms with Gasteiger partial charge in [0.1, 0.15) is 0 Å².